The van der Waals surface area contributed by atoms with Crippen LogP contribution in [0.3, 0.4) is 0 Å². The Morgan fingerprint density at radius 1 is 1.19 bits per heavy atom. The highest BCUT2D eigenvalue weighted by Crippen LogP contribution is 2.40. The minimum Gasteiger partial charge on any atom is -0.491 e. The maximum atomic E-state index is 12.1. The monoisotopic (exact) mass is 538 g/mol. The van der Waals surface area contributed by atoms with Crippen molar-refractivity contribution >= 4 is 34.8 Å². The van der Waals surface area contributed by atoms with E-state index in [0.29, 0.717) is 26.3 Å². The summed E-state index contributed by atoms with van der Waals surface area (Å²) in [6, 6.07) is 10.4. The molecule has 0 radical (unpaired) electrons. The Hall–Kier alpha value is -2.78. The molecule has 1 aromatic heterocycles. The van der Waals surface area contributed by atoms with Crippen LogP contribution < -0.4 is 9.64 Å². The van der Waals surface area contributed by atoms with E-state index in [4.69, 9.17) is 48.4 Å². The summed E-state index contributed by atoms with van der Waals surface area (Å²) in [4.78, 5) is 16.6. The molecule has 0 bridgehead atoms. The Morgan fingerprint density at radius 3 is 2.64 bits per heavy atom. The molecule has 2 aliphatic heterocycles. The molecule has 5 rings (SSSR count). The van der Waals surface area contributed by atoms with E-state index in [1.807, 2.05) is 0 Å². The smallest absolute Gasteiger partial charge is 0.219 e. The van der Waals surface area contributed by atoms with E-state index >= 15 is 0 Å². The molecular weight excluding hydrogens is 503 g/mol. The Kier molecular flexibility index (Phi) is 5.00. The van der Waals surface area contributed by atoms with Gasteiger partial charge in [0.15, 0.2) is 0 Å². The number of halogens is 2. The van der Waals surface area contributed by atoms with Crippen molar-refractivity contribution in [2.24, 2.45) is 0 Å². The van der Waals surface area contributed by atoms with E-state index in [0.717, 1.165) is 6.92 Å². The lowest BCUT2D eigenvalue weighted by molar-refractivity contribution is -0.189. The minimum absolute atomic E-state index is 0.0261. The highest BCUT2D eigenvalue weighted by molar-refractivity contribution is 6.35. The van der Waals surface area contributed by atoms with Crippen molar-refractivity contribution < 1.29 is 30.0 Å². The largest absolute Gasteiger partial charge is 0.491 e. The van der Waals surface area contributed by atoms with Gasteiger partial charge in [-0.15, -0.1) is 0 Å². The summed E-state index contributed by atoms with van der Waals surface area (Å²) in [6.45, 7) is -11.5. The van der Waals surface area contributed by atoms with Crippen molar-refractivity contribution in [3.8, 4) is 5.75 Å². The lowest BCUT2D eigenvalue weighted by Crippen LogP contribution is -2.48. The molecule has 1 amide bonds. The zero-order chi connectivity index (χ0) is 32.3. The van der Waals surface area contributed by atoms with E-state index in [1.54, 1.807) is 41.5 Å². The molecule has 0 saturated carbocycles. The molecule has 2 fully saturated rings. The summed E-state index contributed by atoms with van der Waals surface area (Å²) in [5.41, 5.74) is 0.401. The number of anilines is 1. The Balaban J connectivity index is 1.34. The third-order valence-corrected chi connectivity index (χ3v) is 6.09. The second kappa shape index (κ2) is 10.7. The third kappa shape index (κ3) is 5.47. The van der Waals surface area contributed by atoms with Gasteiger partial charge in [0.05, 0.1) is 35.5 Å². The number of hydrogen-bond donors (Lipinski definition) is 0. The number of nitrogens with zero attached hydrogens (tertiary/aromatic N) is 4. The molecule has 0 spiro atoms. The van der Waals surface area contributed by atoms with Gasteiger partial charge < -0.3 is 28.6 Å². The van der Waals surface area contributed by atoms with E-state index in [1.165, 1.54) is 24.3 Å². The summed E-state index contributed by atoms with van der Waals surface area (Å²) < 4.78 is 87.2. The summed E-state index contributed by atoms with van der Waals surface area (Å²) in [7, 11) is 0. The fraction of sp³-hybridized carbons (Fsp3) is 0.385. The van der Waals surface area contributed by atoms with E-state index in [2.05, 4.69) is 4.98 Å². The topological polar surface area (TPSA) is 69.1 Å². The molecule has 3 heterocycles. The zero-order valence-electron chi connectivity index (χ0n) is 27.1. The van der Waals surface area contributed by atoms with Gasteiger partial charge in [0, 0.05) is 61.6 Å². The molecule has 0 aliphatic carbocycles. The quantitative estimate of drug-likeness (QED) is 0.448. The third-order valence-electron chi connectivity index (χ3n) is 5.54. The van der Waals surface area contributed by atoms with Gasteiger partial charge in [-0.25, -0.2) is 4.98 Å². The molecule has 2 aliphatic rings. The van der Waals surface area contributed by atoms with Gasteiger partial charge in [-0.2, -0.15) is 0 Å². The number of ether oxygens (including phenoxy) is 3. The van der Waals surface area contributed by atoms with Crippen LogP contribution in [0.2, 0.25) is 10.0 Å². The zero-order valence-corrected chi connectivity index (χ0v) is 20.7. The minimum atomic E-state index is -3.22. The first-order chi connectivity index (χ1) is 20.4. The van der Waals surface area contributed by atoms with Crippen molar-refractivity contribution in [3.63, 3.8) is 0 Å². The number of hydrogen-bond acceptors (Lipinski definition) is 6. The number of amides is 1. The van der Waals surface area contributed by atoms with Crippen LogP contribution in [0, 0.1) is 0 Å². The molecule has 0 N–H and O–H groups in total. The second-order valence-corrected chi connectivity index (χ2v) is 8.95. The highest BCUT2D eigenvalue weighted by atomic mass is 35.5. The molecule has 10 heteroatoms. The van der Waals surface area contributed by atoms with Gasteiger partial charge in [-0.05, 0) is 36.4 Å². The van der Waals surface area contributed by atoms with Gasteiger partial charge in [0.2, 0.25) is 11.7 Å². The van der Waals surface area contributed by atoms with Gasteiger partial charge in [0.1, 0.15) is 18.5 Å². The number of rotatable bonds is 7. The van der Waals surface area contributed by atoms with Crippen LogP contribution in [0.15, 0.2) is 61.2 Å². The first-order valence-electron chi connectivity index (χ1n) is 15.0. The lowest BCUT2D eigenvalue weighted by Gasteiger charge is -2.35. The first-order valence-corrected chi connectivity index (χ1v) is 11.8. The molecule has 2 aromatic carbocycles. The number of benzene rings is 2. The van der Waals surface area contributed by atoms with Crippen LogP contribution in [0.1, 0.15) is 23.5 Å². The van der Waals surface area contributed by atoms with Gasteiger partial charge in [-0.3, -0.25) is 4.79 Å². The van der Waals surface area contributed by atoms with Crippen LogP contribution in [0.25, 0.3) is 0 Å². The van der Waals surface area contributed by atoms with Gasteiger partial charge in [0.25, 0.3) is 0 Å². The molecule has 8 nitrogen and oxygen atoms in total. The van der Waals surface area contributed by atoms with Crippen LogP contribution in [-0.4, -0.2) is 65.7 Å². The Labute approximate surface area is 231 Å². The van der Waals surface area contributed by atoms with Crippen LogP contribution in [0.4, 0.5) is 5.69 Å². The van der Waals surface area contributed by atoms with Crippen molar-refractivity contribution in [1.82, 2.24) is 14.5 Å². The fourth-order valence-electron chi connectivity index (χ4n) is 3.80. The van der Waals surface area contributed by atoms with Crippen LogP contribution in [-0.2, 0) is 26.6 Å². The number of carbonyl (C=O) groups is 1. The molecule has 190 valence electrons. The van der Waals surface area contributed by atoms with Crippen molar-refractivity contribution in [3.05, 3.63) is 76.8 Å². The van der Waals surface area contributed by atoms with E-state index in [9.17, 15) is 4.79 Å². The standard InChI is InChI=1S/C26H28Cl2N4O4/c1-19(33)31-10-12-32(13-11-31)21-3-5-22(6-4-21)34-15-23-16-35-26(36-23,17-30-9-8-29-18-30)24-7-2-20(27)14-25(24)28/h2-9,14,18,23H,10-13,15-17H2,1H3/t23-,26+/m1/s1/i10D2,11D2,12D2,13D2. The van der Waals surface area contributed by atoms with Crippen LogP contribution >= 0.6 is 23.2 Å². The van der Waals surface area contributed by atoms with Crippen molar-refractivity contribution in [2.45, 2.75) is 25.4 Å². The average Bonchev–Trinajstić information content (AvgIpc) is 3.57. The summed E-state index contributed by atoms with van der Waals surface area (Å²) >= 11 is 12.6. The second-order valence-electron chi connectivity index (χ2n) is 8.10. The lowest BCUT2D eigenvalue weighted by atomic mass is 10.1. The number of imidazole rings is 1. The summed E-state index contributed by atoms with van der Waals surface area (Å²) in [5.74, 6) is -2.12. The van der Waals surface area contributed by atoms with E-state index < -0.39 is 43.8 Å². The summed E-state index contributed by atoms with van der Waals surface area (Å²) in [6.07, 6.45) is 4.45. The first kappa shape index (κ1) is 16.9. The van der Waals surface area contributed by atoms with E-state index in [-0.39, 0.29) is 30.3 Å². The maximum Gasteiger partial charge on any atom is 0.219 e. The van der Waals surface area contributed by atoms with Crippen molar-refractivity contribution in [2.75, 3.05) is 44.1 Å². The highest BCUT2D eigenvalue weighted by Gasteiger charge is 2.45. The van der Waals surface area contributed by atoms with Gasteiger partial charge in [-0.1, -0.05) is 29.3 Å². The van der Waals surface area contributed by atoms with Crippen molar-refractivity contribution in [1.29, 1.82) is 0 Å². The molecule has 3 aromatic rings. The predicted molar refractivity (Wildman–Crippen MR) is 138 cm³/mol. The fourth-order valence-corrected chi connectivity index (χ4v) is 4.35. The van der Waals surface area contributed by atoms with Gasteiger partial charge >= 0.3 is 0 Å². The normalized spacial score (nSPS) is 31.0. The summed E-state index contributed by atoms with van der Waals surface area (Å²) in [5, 5.41) is 0.805. The molecule has 2 atom stereocenters. The molecular formula is C26H28Cl2N4O4. The van der Waals surface area contributed by atoms with Crippen LogP contribution in [0.5, 0.6) is 5.75 Å². The Morgan fingerprint density at radius 2 is 1.97 bits per heavy atom. The average molecular weight is 539 g/mol. The Bertz CT molecular complexity index is 1500. The molecule has 0 unspecified atom stereocenters. The number of carbonyl (C=O) groups excluding carboxylic acids is 1. The maximum absolute atomic E-state index is 12.1. The predicted octanol–water partition coefficient (Wildman–Crippen LogP) is 4.21. The number of aromatic nitrogens is 2. The SMILES string of the molecule is [2H]C1([2H])N(C(C)=O)C([2H])([2H])C([2H])([2H])N(c2ccc(OC[C@@H]3CO[C@](Cn4ccnc4)(c4ccc(Cl)cc4Cl)O3)cc2)C1([2H])[2H]. The number of piperazine rings is 1. The molecule has 2 saturated heterocycles. The molecule has 36 heavy (non-hydrogen) atoms.